The zero-order chi connectivity index (χ0) is 15.1. The van der Waals surface area contributed by atoms with Crippen LogP contribution in [-0.2, 0) is 0 Å². The molecule has 116 valence electrons. The minimum Gasteiger partial charge on any atom is -0.395 e. The van der Waals surface area contributed by atoms with Gasteiger partial charge in [-0.2, -0.15) is 0 Å². The Labute approximate surface area is 128 Å². The van der Waals surface area contributed by atoms with E-state index in [4.69, 9.17) is 5.11 Å². The lowest BCUT2D eigenvalue weighted by Gasteiger charge is -2.33. The maximum absolute atomic E-state index is 8.94. The third-order valence-corrected chi connectivity index (χ3v) is 3.96. The van der Waals surface area contributed by atoms with Gasteiger partial charge in [0.2, 0.25) is 0 Å². The van der Waals surface area contributed by atoms with Gasteiger partial charge >= 0.3 is 0 Å². The lowest BCUT2D eigenvalue weighted by molar-refractivity contribution is 0.120. The average molecular weight is 289 g/mol. The van der Waals surface area contributed by atoms with Gasteiger partial charge in [0.1, 0.15) is 0 Å². The normalized spacial score (nSPS) is 17.5. The van der Waals surface area contributed by atoms with Crippen molar-refractivity contribution in [1.82, 2.24) is 9.80 Å². The van der Waals surface area contributed by atoms with Gasteiger partial charge in [-0.1, -0.05) is 24.3 Å². The summed E-state index contributed by atoms with van der Waals surface area (Å²) in [5.41, 5.74) is 2.48. The third kappa shape index (κ3) is 5.16. The molecule has 0 amide bonds. The molecule has 0 aromatic heterocycles. The summed E-state index contributed by atoms with van der Waals surface area (Å²) in [5, 5.41) is 8.94. The van der Waals surface area contributed by atoms with E-state index >= 15 is 0 Å². The van der Waals surface area contributed by atoms with Crippen molar-refractivity contribution in [3.63, 3.8) is 0 Å². The first-order valence-electron chi connectivity index (χ1n) is 7.68. The molecule has 0 unspecified atom stereocenters. The Bertz CT molecular complexity index is 434. The smallest absolute Gasteiger partial charge is 0.0558 e. The van der Waals surface area contributed by atoms with E-state index in [9.17, 15) is 0 Å². The van der Waals surface area contributed by atoms with Gasteiger partial charge in [-0.3, -0.25) is 9.80 Å². The molecule has 1 saturated heterocycles. The summed E-state index contributed by atoms with van der Waals surface area (Å²) in [6.45, 7) is 6.37. The molecule has 1 N–H and O–H groups in total. The van der Waals surface area contributed by atoms with Gasteiger partial charge in [-0.15, -0.1) is 0 Å². The Morgan fingerprint density at radius 1 is 1.05 bits per heavy atom. The van der Waals surface area contributed by atoms with Gasteiger partial charge in [-0.05, 0) is 17.7 Å². The summed E-state index contributed by atoms with van der Waals surface area (Å²) in [4.78, 5) is 6.89. The maximum Gasteiger partial charge on any atom is 0.0558 e. The average Bonchev–Trinajstić information content (AvgIpc) is 2.50. The molecule has 0 atom stereocenters. The number of hydrogen-bond acceptors (Lipinski definition) is 4. The second-order valence-electron chi connectivity index (χ2n) is 5.75. The number of benzene rings is 1. The molecule has 1 aliphatic rings. The van der Waals surface area contributed by atoms with E-state index in [2.05, 4.69) is 65.2 Å². The van der Waals surface area contributed by atoms with E-state index in [-0.39, 0.29) is 6.61 Å². The van der Waals surface area contributed by atoms with Gasteiger partial charge in [0.15, 0.2) is 0 Å². The van der Waals surface area contributed by atoms with Crippen LogP contribution >= 0.6 is 0 Å². The SMILES string of the molecule is CN(C)c1ccc(C=CCN2CCN(CCO)CC2)cc1. The second-order valence-corrected chi connectivity index (χ2v) is 5.75. The van der Waals surface area contributed by atoms with Gasteiger partial charge in [0.25, 0.3) is 0 Å². The van der Waals surface area contributed by atoms with Crippen LogP contribution in [0.5, 0.6) is 0 Å². The Balaban J connectivity index is 1.75. The number of aliphatic hydroxyl groups excluding tert-OH is 1. The van der Waals surface area contributed by atoms with Gasteiger partial charge in [0.05, 0.1) is 6.61 Å². The molecular formula is C17H27N3O. The van der Waals surface area contributed by atoms with Crippen LogP contribution in [0.3, 0.4) is 0 Å². The molecule has 0 spiro atoms. The Hall–Kier alpha value is -1.36. The van der Waals surface area contributed by atoms with Crippen molar-refractivity contribution in [1.29, 1.82) is 0 Å². The lowest BCUT2D eigenvalue weighted by atomic mass is 10.2. The third-order valence-electron chi connectivity index (χ3n) is 3.96. The Kier molecular flexibility index (Phi) is 6.23. The van der Waals surface area contributed by atoms with Crippen molar-refractivity contribution in [2.24, 2.45) is 0 Å². The van der Waals surface area contributed by atoms with Crippen LogP contribution in [0.4, 0.5) is 5.69 Å². The molecule has 0 aliphatic carbocycles. The molecule has 1 fully saturated rings. The molecule has 1 aromatic carbocycles. The highest BCUT2D eigenvalue weighted by molar-refractivity contribution is 5.55. The number of piperazine rings is 1. The second kappa shape index (κ2) is 8.17. The summed E-state index contributed by atoms with van der Waals surface area (Å²) < 4.78 is 0. The predicted octanol–water partition coefficient (Wildman–Crippen LogP) is 1.38. The van der Waals surface area contributed by atoms with Crippen molar-refractivity contribution in [3.8, 4) is 0 Å². The number of nitrogens with zero attached hydrogens (tertiary/aromatic N) is 3. The summed E-state index contributed by atoms with van der Waals surface area (Å²) in [6, 6.07) is 8.61. The standard InChI is InChI=1S/C17H27N3O/c1-18(2)17-7-5-16(6-8-17)4-3-9-19-10-12-20(13-11-19)14-15-21/h3-8,21H,9-15H2,1-2H3. The van der Waals surface area contributed by atoms with Crippen LogP contribution in [0.25, 0.3) is 6.08 Å². The number of rotatable bonds is 6. The van der Waals surface area contributed by atoms with Crippen LogP contribution in [0.2, 0.25) is 0 Å². The van der Waals surface area contributed by atoms with Crippen molar-refractivity contribution in [2.75, 3.05) is 64.9 Å². The van der Waals surface area contributed by atoms with Crippen LogP contribution in [-0.4, -0.2) is 74.9 Å². The van der Waals surface area contributed by atoms with Crippen molar-refractivity contribution in [2.45, 2.75) is 0 Å². The van der Waals surface area contributed by atoms with Gasteiger partial charge in [0, 0.05) is 59.1 Å². The van der Waals surface area contributed by atoms with Crippen molar-refractivity contribution >= 4 is 11.8 Å². The van der Waals surface area contributed by atoms with Crippen LogP contribution in [0.15, 0.2) is 30.3 Å². The van der Waals surface area contributed by atoms with E-state index in [1.807, 2.05) is 0 Å². The van der Waals surface area contributed by atoms with E-state index in [1.165, 1.54) is 11.3 Å². The van der Waals surface area contributed by atoms with Crippen molar-refractivity contribution in [3.05, 3.63) is 35.9 Å². The fourth-order valence-electron chi connectivity index (χ4n) is 2.56. The number of β-amino-alcohol motifs (C(OH)–C–C–N with tert-alkyl or cyclic N) is 1. The predicted molar refractivity (Wildman–Crippen MR) is 89.8 cm³/mol. The highest BCUT2D eigenvalue weighted by atomic mass is 16.3. The quantitative estimate of drug-likeness (QED) is 0.857. The fraction of sp³-hybridized carbons (Fsp3) is 0.529. The van der Waals surface area contributed by atoms with E-state index in [0.717, 1.165) is 39.3 Å². The molecule has 4 nitrogen and oxygen atoms in total. The summed E-state index contributed by atoms with van der Waals surface area (Å²) >= 11 is 0. The molecule has 21 heavy (non-hydrogen) atoms. The van der Waals surface area contributed by atoms with Crippen LogP contribution < -0.4 is 4.90 Å². The zero-order valence-corrected chi connectivity index (χ0v) is 13.2. The van der Waals surface area contributed by atoms with Crippen LogP contribution in [0.1, 0.15) is 5.56 Å². The Morgan fingerprint density at radius 3 is 2.24 bits per heavy atom. The first kappa shape index (κ1) is 16.0. The lowest BCUT2D eigenvalue weighted by Crippen LogP contribution is -2.47. The molecule has 1 aliphatic heterocycles. The van der Waals surface area contributed by atoms with E-state index in [0.29, 0.717) is 0 Å². The topological polar surface area (TPSA) is 30.0 Å². The molecule has 0 saturated carbocycles. The minimum absolute atomic E-state index is 0.267. The highest BCUT2D eigenvalue weighted by Crippen LogP contribution is 2.13. The van der Waals surface area contributed by atoms with Gasteiger partial charge < -0.3 is 10.0 Å². The molecule has 4 heteroatoms. The fourth-order valence-corrected chi connectivity index (χ4v) is 2.56. The zero-order valence-electron chi connectivity index (χ0n) is 13.2. The molecule has 0 radical (unpaired) electrons. The summed E-state index contributed by atoms with van der Waals surface area (Å²) in [7, 11) is 4.11. The van der Waals surface area contributed by atoms with E-state index in [1.54, 1.807) is 0 Å². The minimum atomic E-state index is 0.267. The maximum atomic E-state index is 8.94. The molecule has 2 rings (SSSR count). The highest BCUT2D eigenvalue weighted by Gasteiger charge is 2.14. The molecule has 0 bridgehead atoms. The number of aliphatic hydroxyl groups is 1. The molecule has 1 heterocycles. The van der Waals surface area contributed by atoms with E-state index < -0.39 is 0 Å². The number of anilines is 1. The first-order chi connectivity index (χ1) is 10.2. The number of hydrogen-bond donors (Lipinski definition) is 1. The van der Waals surface area contributed by atoms with Crippen LogP contribution in [0, 0.1) is 0 Å². The first-order valence-corrected chi connectivity index (χ1v) is 7.68. The summed E-state index contributed by atoms with van der Waals surface area (Å²) in [6.07, 6.45) is 4.44. The monoisotopic (exact) mass is 289 g/mol. The Morgan fingerprint density at radius 2 is 1.67 bits per heavy atom. The largest absolute Gasteiger partial charge is 0.395 e. The molecular weight excluding hydrogens is 262 g/mol. The molecule has 1 aromatic rings. The van der Waals surface area contributed by atoms with Crippen molar-refractivity contribution < 1.29 is 5.11 Å². The van der Waals surface area contributed by atoms with Gasteiger partial charge in [-0.25, -0.2) is 0 Å². The summed E-state index contributed by atoms with van der Waals surface area (Å²) in [5.74, 6) is 0.